The van der Waals surface area contributed by atoms with Crippen LogP contribution in [-0.2, 0) is 0 Å². The van der Waals surface area contributed by atoms with Gasteiger partial charge in [0.1, 0.15) is 0 Å². The van der Waals surface area contributed by atoms with Crippen molar-refractivity contribution >= 4 is 23.5 Å². The van der Waals surface area contributed by atoms with Crippen LogP contribution in [0.15, 0.2) is 34.1 Å². The van der Waals surface area contributed by atoms with Crippen LogP contribution in [0.1, 0.15) is 19.8 Å². The largest absolute Gasteiger partial charge is 0.130 e. The fraction of sp³-hybridized carbons (Fsp3) is 0.455. The summed E-state index contributed by atoms with van der Waals surface area (Å²) in [6.07, 6.45) is 4.72. The molecule has 2 heteroatoms. The monoisotopic (exact) mass is 212 g/mol. The molecule has 0 unspecified atom stereocenters. The van der Waals surface area contributed by atoms with Gasteiger partial charge in [-0.05, 0) is 36.6 Å². The Morgan fingerprint density at radius 3 is 2.69 bits per heavy atom. The van der Waals surface area contributed by atoms with E-state index in [4.69, 9.17) is 0 Å². The molecule has 1 aromatic rings. The molecule has 13 heavy (non-hydrogen) atoms. The van der Waals surface area contributed by atoms with Gasteiger partial charge in [-0.15, -0.1) is 23.5 Å². The first kappa shape index (κ1) is 11.0. The number of hydrogen-bond donors (Lipinski definition) is 0. The second-order valence-corrected chi connectivity index (χ2v) is 4.93. The number of hydrogen-bond acceptors (Lipinski definition) is 2. The van der Waals surface area contributed by atoms with E-state index in [1.807, 2.05) is 23.5 Å². The number of thioether (sulfide) groups is 2. The predicted octanol–water partition coefficient (Wildman–Crippen LogP) is 4.30. The lowest BCUT2D eigenvalue weighted by Gasteiger charge is -2.02. The van der Waals surface area contributed by atoms with Crippen LogP contribution in [0.2, 0.25) is 0 Å². The first-order valence-corrected chi connectivity index (χ1v) is 6.84. The summed E-state index contributed by atoms with van der Waals surface area (Å²) >= 11 is 3.77. The minimum absolute atomic E-state index is 1.24. The summed E-state index contributed by atoms with van der Waals surface area (Å²) in [6, 6.07) is 8.76. The number of benzene rings is 1. The van der Waals surface area contributed by atoms with Crippen LogP contribution in [0.5, 0.6) is 0 Å². The first-order chi connectivity index (χ1) is 6.36. The highest BCUT2D eigenvalue weighted by Crippen LogP contribution is 2.24. The van der Waals surface area contributed by atoms with Crippen molar-refractivity contribution in [1.29, 1.82) is 0 Å². The molecule has 1 aromatic carbocycles. The van der Waals surface area contributed by atoms with Gasteiger partial charge in [0.05, 0.1) is 0 Å². The summed E-state index contributed by atoms with van der Waals surface area (Å²) in [5.41, 5.74) is 0. The van der Waals surface area contributed by atoms with Gasteiger partial charge in [0.25, 0.3) is 0 Å². The van der Waals surface area contributed by atoms with Gasteiger partial charge >= 0.3 is 0 Å². The molecule has 0 aliphatic rings. The SMILES string of the molecule is CCCCSc1cccc(SC)c1. The zero-order chi connectivity index (χ0) is 9.52. The summed E-state index contributed by atoms with van der Waals surface area (Å²) in [7, 11) is 0. The average molecular weight is 212 g/mol. The van der Waals surface area contributed by atoms with E-state index in [9.17, 15) is 0 Å². The van der Waals surface area contributed by atoms with E-state index >= 15 is 0 Å². The maximum Gasteiger partial charge on any atom is 0.00830 e. The van der Waals surface area contributed by atoms with Crippen LogP contribution in [0, 0.1) is 0 Å². The van der Waals surface area contributed by atoms with Crippen molar-refractivity contribution in [2.75, 3.05) is 12.0 Å². The molecule has 0 fully saturated rings. The van der Waals surface area contributed by atoms with Gasteiger partial charge < -0.3 is 0 Å². The fourth-order valence-electron chi connectivity index (χ4n) is 1.03. The minimum atomic E-state index is 1.24. The summed E-state index contributed by atoms with van der Waals surface area (Å²) in [5.74, 6) is 1.24. The van der Waals surface area contributed by atoms with Gasteiger partial charge in [-0.2, -0.15) is 0 Å². The number of unbranched alkanes of at least 4 members (excludes halogenated alkanes) is 1. The molecular weight excluding hydrogens is 196 g/mol. The van der Waals surface area contributed by atoms with Gasteiger partial charge in [0, 0.05) is 9.79 Å². The Balaban J connectivity index is 2.46. The van der Waals surface area contributed by atoms with Crippen molar-refractivity contribution in [3.63, 3.8) is 0 Å². The molecule has 0 N–H and O–H groups in total. The molecule has 72 valence electrons. The second-order valence-electron chi connectivity index (χ2n) is 2.88. The summed E-state index contributed by atoms with van der Waals surface area (Å²) in [4.78, 5) is 2.77. The topological polar surface area (TPSA) is 0 Å². The summed E-state index contributed by atoms with van der Waals surface area (Å²) in [5, 5.41) is 0. The zero-order valence-corrected chi connectivity index (χ0v) is 9.88. The van der Waals surface area contributed by atoms with Gasteiger partial charge in [0.2, 0.25) is 0 Å². The highest BCUT2D eigenvalue weighted by atomic mass is 32.2. The lowest BCUT2D eigenvalue weighted by molar-refractivity contribution is 0.896. The fourth-order valence-corrected chi connectivity index (χ4v) is 2.61. The van der Waals surface area contributed by atoms with E-state index in [0.29, 0.717) is 0 Å². The van der Waals surface area contributed by atoms with Crippen molar-refractivity contribution < 1.29 is 0 Å². The molecule has 0 heterocycles. The van der Waals surface area contributed by atoms with Crippen molar-refractivity contribution in [3.8, 4) is 0 Å². The maximum atomic E-state index is 2.27. The van der Waals surface area contributed by atoms with Crippen molar-refractivity contribution in [1.82, 2.24) is 0 Å². The Kier molecular flexibility index (Phi) is 5.40. The Labute approximate surface area is 89.5 Å². The Hall–Kier alpha value is -0.0800. The molecule has 1 rings (SSSR count). The van der Waals surface area contributed by atoms with Crippen molar-refractivity contribution in [3.05, 3.63) is 24.3 Å². The highest BCUT2D eigenvalue weighted by Gasteiger charge is 1.94. The predicted molar refractivity (Wildman–Crippen MR) is 63.9 cm³/mol. The molecule has 0 aliphatic heterocycles. The number of rotatable bonds is 5. The molecule has 0 aliphatic carbocycles. The zero-order valence-electron chi connectivity index (χ0n) is 8.25. The normalized spacial score (nSPS) is 10.3. The molecule has 0 spiro atoms. The van der Waals surface area contributed by atoms with Gasteiger partial charge in [0.15, 0.2) is 0 Å². The molecule has 0 radical (unpaired) electrons. The molecular formula is C11H16S2. The molecule has 0 bridgehead atoms. The van der Waals surface area contributed by atoms with Crippen LogP contribution in [0.4, 0.5) is 0 Å². The molecule has 0 saturated carbocycles. The maximum absolute atomic E-state index is 2.27. The van der Waals surface area contributed by atoms with Crippen LogP contribution >= 0.6 is 23.5 Å². The summed E-state index contributed by atoms with van der Waals surface area (Å²) in [6.45, 7) is 2.23. The molecule has 0 atom stereocenters. The van der Waals surface area contributed by atoms with Crippen molar-refractivity contribution in [2.45, 2.75) is 29.6 Å². The third-order valence-electron chi connectivity index (χ3n) is 1.81. The third-order valence-corrected chi connectivity index (χ3v) is 3.61. The van der Waals surface area contributed by atoms with Crippen LogP contribution < -0.4 is 0 Å². The van der Waals surface area contributed by atoms with Crippen LogP contribution in [0.25, 0.3) is 0 Å². The van der Waals surface area contributed by atoms with E-state index in [-0.39, 0.29) is 0 Å². The van der Waals surface area contributed by atoms with E-state index in [1.165, 1.54) is 28.4 Å². The quantitative estimate of drug-likeness (QED) is 0.527. The lowest BCUT2D eigenvalue weighted by Crippen LogP contribution is -1.78. The van der Waals surface area contributed by atoms with E-state index in [1.54, 1.807) is 0 Å². The molecule has 0 amide bonds. The Morgan fingerprint density at radius 1 is 1.23 bits per heavy atom. The highest BCUT2D eigenvalue weighted by molar-refractivity contribution is 7.99. The first-order valence-electron chi connectivity index (χ1n) is 4.63. The van der Waals surface area contributed by atoms with E-state index in [0.717, 1.165) is 0 Å². The average Bonchev–Trinajstić information content (AvgIpc) is 2.19. The third kappa shape index (κ3) is 4.10. The molecule has 0 aromatic heterocycles. The second kappa shape index (κ2) is 6.39. The summed E-state index contributed by atoms with van der Waals surface area (Å²) < 4.78 is 0. The smallest absolute Gasteiger partial charge is 0.00830 e. The Bertz CT molecular complexity index is 246. The molecule has 0 nitrogen and oxygen atoms in total. The van der Waals surface area contributed by atoms with Crippen molar-refractivity contribution in [2.24, 2.45) is 0 Å². The Morgan fingerprint density at radius 2 is 2.00 bits per heavy atom. The van der Waals surface area contributed by atoms with Gasteiger partial charge in [-0.3, -0.25) is 0 Å². The van der Waals surface area contributed by atoms with Gasteiger partial charge in [-0.1, -0.05) is 19.4 Å². The standard InChI is InChI=1S/C11H16S2/c1-3-4-8-13-11-7-5-6-10(9-11)12-2/h5-7,9H,3-4,8H2,1-2H3. The van der Waals surface area contributed by atoms with E-state index < -0.39 is 0 Å². The minimum Gasteiger partial charge on any atom is -0.130 e. The van der Waals surface area contributed by atoms with Gasteiger partial charge in [-0.25, -0.2) is 0 Å². The van der Waals surface area contributed by atoms with Crippen LogP contribution in [0.3, 0.4) is 0 Å². The molecule has 0 saturated heterocycles. The van der Waals surface area contributed by atoms with Crippen LogP contribution in [-0.4, -0.2) is 12.0 Å². The van der Waals surface area contributed by atoms with E-state index in [2.05, 4.69) is 37.4 Å². The lowest BCUT2D eigenvalue weighted by atomic mass is 10.4.